The van der Waals surface area contributed by atoms with Crippen LogP contribution in [-0.2, 0) is 18.4 Å². The van der Waals surface area contributed by atoms with Gasteiger partial charge in [-0.2, -0.15) is 0 Å². The molecule has 0 heterocycles. The number of unbranched alkanes of at least 4 members (excludes halogenated alkanes) is 33. The molecule has 8 nitrogen and oxygen atoms in total. The maximum absolute atomic E-state index is 13.0. The summed E-state index contributed by atoms with van der Waals surface area (Å²) in [5.74, 6) is -0.204. The standard InChI is InChI=1S/C64H119N2O6P/c1-6-8-10-12-14-16-18-20-22-24-26-27-28-29-30-31-32-33-34-35-36-37-38-40-41-43-45-47-49-51-53-55-57-63(67)62(61-72-73(69,70)71-60-59-66(3,4)5)65-64(68)58-56-54-52-50-48-46-44-42-39-25-23-21-19-17-15-13-11-9-7-2/h15,17,21,23,39-42,47,49,55,57,62-63,67H,6-14,16,18-20,22,24-38,43-46,48,50-54,56,58-61H2,1-5H3,(H-,65,68,69,70)/p+1/b17-15-,23-21-,41-40+,42-39-,49-47+,57-55+. The highest BCUT2D eigenvalue weighted by atomic mass is 31.2. The Balaban J connectivity index is 4.21. The fourth-order valence-corrected chi connectivity index (χ4v) is 9.52. The van der Waals surface area contributed by atoms with Crippen LogP contribution in [0.15, 0.2) is 72.9 Å². The van der Waals surface area contributed by atoms with Crippen LogP contribution in [0.4, 0.5) is 0 Å². The highest BCUT2D eigenvalue weighted by molar-refractivity contribution is 7.47. The first-order valence-corrected chi connectivity index (χ1v) is 32.3. The normalized spacial score (nSPS) is 14.3. The van der Waals surface area contributed by atoms with E-state index in [-0.39, 0.29) is 19.1 Å². The average molecular weight is 1040 g/mol. The van der Waals surface area contributed by atoms with Crippen LogP contribution in [0.5, 0.6) is 0 Å². The number of likely N-dealkylation sites (N-methyl/N-ethyl adjacent to an activating group) is 1. The third-order valence-corrected chi connectivity index (χ3v) is 14.6. The van der Waals surface area contributed by atoms with Crippen molar-refractivity contribution in [3.05, 3.63) is 72.9 Å². The predicted molar refractivity (Wildman–Crippen MR) is 318 cm³/mol. The monoisotopic (exact) mass is 1040 g/mol. The number of hydrogen-bond donors (Lipinski definition) is 3. The third-order valence-electron chi connectivity index (χ3n) is 13.6. The number of rotatable bonds is 56. The molecule has 3 atom stereocenters. The van der Waals surface area contributed by atoms with Gasteiger partial charge in [-0.25, -0.2) is 4.57 Å². The van der Waals surface area contributed by atoms with Gasteiger partial charge in [-0.15, -0.1) is 0 Å². The molecule has 9 heteroatoms. The summed E-state index contributed by atoms with van der Waals surface area (Å²) in [5, 5.41) is 13.9. The van der Waals surface area contributed by atoms with Crippen molar-refractivity contribution in [1.29, 1.82) is 0 Å². The van der Waals surface area contributed by atoms with Crippen LogP contribution in [0.1, 0.15) is 277 Å². The Morgan fingerprint density at radius 2 is 0.795 bits per heavy atom. The van der Waals surface area contributed by atoms with Crippen molar-refractivity contribution in [2.75, 3.05) is 40.9 Å². The van der Waals surface area contributed by atoms with Gasteiger partial charge in [-0.05, 0) is 83.5 Å². The highest BCUT2D eigenvalue weighted by Crippen LogP contribution is 2.43. The molecule has 426 valence electrons. The summed E-state index contributed by atoms with van der Waals surface area (Å²) in [6.45, 7) is 4.77. The summed E-state index contributed by atoms with van der Waals surface area (Å²) >= 11 is 0. The third kappa shape index (κ3) is 57.5. The van der Waals surface area contributed by atoms with Crippen LogP contribution in [0, 0.1) is 0 Å². The minimum Gasteiger partial charge on any atom is -0.387 e. The van der Waals surface area contributed by atoms with Crippen LogP contribution in [0.3, 0.4) is 0 Å². The number of carbonyl (C=O) groups excluding carboxylic acids is 1. The molecule has 0 radical (unpaired) electrons. The first-order chi connectivity index (χ1) is 35.5. The van der Waals surface area contributed by atoms with E-state index in [4.69, 9.17) is 9.05 Å². The zero-order valence-electron chi connectivity index (χ0n) is 48.6. The summed E-state index contributed by atoms with van der Waals surface area (Å²) in [6.07, 6.45) is 76.0. The van der Waals surface area contributed by atoms with E-state index in [2.05, 4.69) is 79.9 Å². The Bertz CT molecular complexity index is 1420. The van der Waals surface area contributed by atoms with Crippen LogP contribution < -0.4 is 5.32 Å². The topological polar surface area (TPSA) is 105 Å². The van der Waals surface area contributed by atoms with Gasteiger partial charge in [-0.3, -0.25) is 13.8 Å². The van der Waals surface area contributed by atoms with Crippen LogP contribution in [0.25, 0.3) is 0 Å². The molecule has 0 aromatic rings. The predicted octanol–water partition coefficient (Wildman–Crippen LogP) is 19.0. The molecule has 0 spiro atoms. The van der Waals surface area contributed by atoms with Crippen LogP contribution in [-0.4, -0.2) is 73.4 Å². The SMILES string of the molecule is CCCCC/C=C\C/C=C\C/C=C\CCCCCCCCC(=O)NC(COP(=O)(O)OCC[N+](C)(C)C)C(O)/C=C/CC/C=C/CC/C=C/CCCCCCCCCCCCCCCCCCCCCCCC. The second-order valence-corrected chi connectivity index (χ2v) is 23.5. The zero-order chi connectivity index (χ0) is 53.5. The number of hydrogen-bond acceptors (Lipinski definition) is 5. The maximum atomic E-state index is 13.0. The van der Waals surface area contributed by atoms with Crippen molar-refractivity contribution in [1.82, 2.24) is 5.32 Å². The van der Waals surface area contributed by atoms with E-state index in [0.717, 1.165) is 70.6 Å². The molecule has 73 heavy (non-hydrogen) atoms. The fourth-order valence-electron chi connectivity index (χ4n) is 8.79. The van der Waals surface area contributed by atoms with Gasteiger partial charge in [0.05, 0.1) is 39.9 Å². The van der Waals surface area contributed by atoms with E-state index in [0.29, 0.717) is 17.4 Å². The molecule has 0 rings (SSSR count). The van der Waals surface area contributed by atoms with Crippen molar-refractivity contribution < 1.29 is 32.9 Å². The minimum absolute atomic E-state index is 0.0478. The average Bonchev–Trinajstić information content (AvgIpc) is 3.35. The molecule has 3 unspecified atom stereocenters. The number of phosphoric acid groups is 1. The van der Waals surface area contributed by atoms with Gasteiger partial charge in [0.1, 0.15) is 13.2 Å². The van der Waals surface area contributed by atoms with Gasteiger partial charge in [0.25, 0.3) is 0 Å². The molecular weight excluding hydrogens is 924 g/mol. The van der Waals surface area contributed by atoms with E-state index in [1.165, 1.54) is 186 Å². The fraction of sp³-hybridized carbons (Fsp3) is 0.797. The number of amides is 1. The van der Waals surface area contributed by atoms with Crippen molar-refractivity contribution in [2.45, 2.75) is 289 Å². The smallest absolute Gasteiger partial charge is 0.387 e. The quantitative estimate of drug-likeness (QED) is 0.0243. The van der Waals surface area contributed by atoms with Gasteiger partial charge in [0, 0.05) is 6.42 Å². The molecule has 0 saturated heterocycles. The van der Waals surface area contributed by atoms with Crippen molar-refractivity contribution in [3.63, 3.8) is 0 Å². The molecule has 3 N–H and O–H groups in total. The summed E-state index contributed by atoms with van der Waals surface area (Å²) in [5.41, 5.74) is 0. The molecule has 0 aromatic carbocycles. The number of allylic oxidation sites excluding steroid dienone is 11. The number of nitrogens with one attached hydrogen (secondary N) is 1. The second kappa shape index (κ2) is 54.7. The summed E-state index contributed by atoms with van der Waals surface area (Å²) in [7, 11) is 1.53. The molecule has 0 fully saturated rings. The van der Waals surface area contributed by atoms with Gasteiger partial charge in [-0.1, -0.05) is 260 Å². The number of aliphatic hydroxyl groups excluding tert-OH is 1. The van der Waals surface area contributed by atoms with Gasteiger partial charge in [0.2, 0.25) is 5.91 Å². The van der Waals surface area contributed by atoms with E-state index in [1.54, 1.807) is 6.08 Å². The molecule has 0 aliphatic heterocycles. The van der Waals surface area contributed by atoms with E-state index >= 15 is 0 Å². The van der Waals surface area contributed by atoms with E-state index in [1.807, 2.05) is 27.2 Å². The first kappa shape index (κ1) is 70.9. The number of carbonyl (C=O) groups is 1. The summed E-state index contributed by atoms with van der Waals surface area (Å²) < 4.78 is 23.7. The van der Waals surface area contributed by atoms with Gasteiger partial charge < -0.3 is 19.8 Å². The van der Waals surface area contributed by atoms with E-state index < -0.39 is 20.0 Å². The van der Waals surface area contributed by atoms with Crippen molar-refractivity contribution >= 4 is 13.7 Å². The lowest BCUT2D eigenvalue weighted by Gasteiger charge is -2.25. The lowest BCUT2D eigenvalue weighted by Crippen LogP contribution is -2.45. The van der Waals surface area contributed by atoms with E-state index in [9.17, 15) is 19.4 Å². The number of quaternary nitrogens is 1. The van der Waals surface area contributed by atoms with Crippen LogP contribution >= 0.6 is 7.82 Å². The Hall–Kier alpha value is -2.06. The Morgan fingerprint density at radius 1 is 0.466 bits per heavy atom. The Labute approximate surface area is 453 Å². The van der Waals surface area contributed by atoms with Crippen LogP contribution in [0.2, 0.25) is 0 Å². The molecule has 0 aliphatic rings. The number of aliphatic hydroxyl groups is 1. The molecule has 0 aliphatic carbocycles. The largest absolute Gasteiger partial charge is 0.472 e. The lowest BCUT2D eigenvalue weighted by atomic mass is 10.0. The van der Waals surface area contributed by atoms with Gasteiger partial charge >= 0.3 is 7.82 Å². The molecular formula is C64H120N2O6P+. The Kier molecular flexibility index (Phi) is 53.2. The summed E-state index contributed by atoms with van der Waals surface area (Å²) in [6, 6.07) is -0.882. The van der Waals surface area contributed by atoms with Crippen molar-refractivity contribution in [2.24, 2.45) is 0 Å². The minimum atomic E-state index is -4.37. The number of phosphoric ester groups is 1. The molecule has 0 aromatic heterocycles. The molecule has 0 saturated carbocycles. The highest BCUT2D eigenvalue weighted by Gasteiger charge is 2.27. The zero-order valence-corrected chi connectivity index (χ0v) is 49.5. The lowest BCUT2D eigenvalue weighted by molar-refractivity contribution is -0.870. The molecule has 0 bridgehead atoms. The maximum Gasteiger partial charge on any atom is 0.472 e. The van der Waals surface area contributed by atoms with Crippen molar-refractivity contribution in [3.8, 4) is 0 Å². The Morgan fingerprint density at radius 3 is 1.22 bits per heavy atom. The summed E-state index contributed by atoms with van der Waals surface area (Å²) in [4.78, 5) is 23.3. The number of nitrogens with zero attached hydrogens (tertiary/aromatic N) is 1. The first-order valence-electron chi connectivity index (χ1n) is 30.8. The molecule has 1 amide bonds. The van der Waals surface area contributed by atoms with Gasteiger partial charge in [0.15, 0.2) is 0 Å². The second-order valence-electron chi connectivity index (χ2n) is 22.1.